The van der Waals surface area contributed by atoms with Crippen LogP contribution in [0.4, 0.5) is 0 Å². The van der Waals surface area contributed by atoms with Crippen LogP contribution in [-0.2, 0) is 5.88 Å². The molecule has 4 nitrogen and oxygen atoms in total. The van der Waals surface area contributed by atoms with Crippen LogP contribution < -0.4 is 11.3 Å². The lowest BCUT2D eigenvalue weighted by Crippen LogP contribution is -2.30. The zero-order valence-corrected chi connectivity index (χ0v) is 7.01. The van der Waals surface area contributed by atoms with Crippen LogP contribution in [0, 0.1) is 0 Å². The van der Waals surface area contributed by atoms with Crippen LogP contribution in [0.3, 0.4) is 0 Å². The number of nitrogen functional groups attached to an aromatic ring is 1. The van der Waals surface area contributed by atoms with Crippen LogP contribution in [0.25, 0.3) is 0 Å². The fraction of sp³-hybridized carbons (Fsp3) is 0.143. The van der Waals surface area contributed by atoms with E-state index in [9.17, 15) is 4.79 Å². The first kappa shape index (κ1) is 8.96. The van der Waals surface area contributed by atoms with Gasteiger partial charge < -0.3 is 0 Å². The van der Waals surface area contributed by atoms with Gasteiger partial charge in [0, 0.05) is 0 Å². The minimum absolute atomic E-state index is 0.274. The Hall–Kier alpha value is -1.13. The summed E-state index contributed by atoms with van der Waals surface area (Å²) in [7, 11) is 0. The summed E-state index contributed by atoms with van der Waals surface area (Å²) in [6.07, 6.45) is 0. The molecule has 0 aliphatic rings. The smallest absolute Gasteiger partial charge is 0.283 e. The van der Waals surface area contributed by atoms with Crippen LogP contribution in [0.15, 0.2) is 18.2 Å². The number of alkyl halides is 1. The fourth-order valence-corrected chi connectivity index (χ4v) is 0.903. The molecule has 64 valence electrons. The molecule has 0 spiro atoms. The Kier molecular flexibility index (Phi) is 3.01. The van der Waals surface area contributed by atoms with Gasteiger partial charge in [-0.1, -0.05) is 6.07 Å². The number of rotatable bonds is 2. The predicted molar refractivity (Wildman–Crippen MR) is 45.4 cm³/mol. The Bertz CT molecular complexity index is 290. The van der Waals surface area contributed by atoms with Crippen molar-refractivity contribution in [3.05, 3.63) is 29.6 Å². The summed E-state index contributed by atoms with van der Waals surface area (Å²) in [6, 6.07) is 5.01. The van der Waals surface area contributed by atoms with Gasteiger partial charge in [-0.25, -0.2) is 10.8 Å². The molecule has 1 rings (SSSR count). The molecule has 1 aromatic heterocycles. The SMILES string of the molecule is NNC(=O)c1cccc(CCl)n1. The first-order valence-corrected chi connectivity index (χ1v) is 3.84. The molecule has 1 heterocycles. The van der Waals surface area contributed by atoms with E-state index < -0.39 is 5.91 Å². The molecule has 1 aromatic rings. The summed E-state index contributed by atoms with van der Waals surface area (Å²) in [4.78, 5) is 14.9. The first-order valence-electron chi connectivity index (χ1n) is 3.30. The van der Waals surface area contributed by atoms with E-state index in [0.29, 0.717) is 5.69 Å². The molecular formula is C7H8ClN3O. The molecule has 0 fully saturated rings. The minimum Gasteiger partial charge on any atom is -0.289 e. The van der Waals surface area contributed by atoms with E-state index in [1.54, 1.807) is 18.2 Å². The van der Waals surface area contributed by atoms with E-state index in [4.69, 9.17) is 17.4 Å². The number of nitrogens with two attached hydrogens (primary N) is 1. The summed E-state index contributed by atoms with van der Waals surface area (Å²) in [6.45, 7) is 0. The molecule has 0 aliphatic carbocycles. The molecule has 5 heteroatoms. The van der Waals surface area contributed by atoms with E-state index in [1.165, 1.54) is 0 Å². The first-order chi connectivity index (χ1) is 5.77. The topological polar surface area (TPSA) is 68.0 Å². The Morgan fingerprint density at radius 3 is 3.00 bits per heavy atom. The maximum absolute atomic E-state index is 10.9. The van der Waals surface area contributed by atoms with Gasteiger partial charge in [0.05, 0.1) is 11.6 Å². The number of nitrogens with one attached hydrogen (secondary N) is 1. The van der Waals surface area contributed by atoms with Gasteiger partial charge in [-0.05, 0) is 12.1 Å². The predicted octanol–water partition coefficient (Wildman–Crippen LogP) is 0.424. The number of carbonyl (C=O) groups is 1. The van der Waals surface area contributed by atoms with Crippen molar-refractivity contribution in [1.82, 2.24) is 10.4 Å². The molecule has 0 radical (unpaired) electrons. The van der Waals surface area contributed by atoms with Gasteiger partial charge in [0.25, 0.3) is 5.91 Å². The summed E-state index contributed by atoms with van der Waals surface area (Å²) in [5.74, 6) is 4.79. The van der Waals surface area contributed by atoms with Gasteiger partial charge in [-0.3, -0.25) is 10.2 Å². The van der Waals surface area contributed by atoms with Crippen LogP contribution in [-0.4, -0.2) is 10.9 Å². The summed E-state index contributed by atoms with van der Waals surface area (Å²) in [5, 5.41) is 0. The second kappa shape index (κ2) is 4.04. The third kappa shape index (κ3) is 1.93. The highest BCUT2D eigenvalue weighted by molar-refractivity contribution is 6.16. The molecule has 0 atom stereocenters. The highest BCUT2D eigenvalue weighted by atomic mass is 35.5. The van der Waals surface area contributed by atoms with Crippen molar-refractivity contribution in [3.63, 3.8) is 0 Å². The zero-order valence-electron chi connectivity index (χ0n) is 6.25. The van der Waals surface area contributed by atoms with E-state index in [2.05, 4.69) is 4.98 Å². The van der Waals surface area contributed by atoms with Crippen molar-refractivity contribution in [3.8, 4) is 0 Å². The molecule has 1 amide bonds. The summed E-state index contributed by atoms with van der Waals surface area (Å²) >= 11 is 5.52. The lowest BCUT2D eigenvalue weighted by Gasteiger charge is -1.99. The molecule has 0 aliphatic heterocycles. The quantitative estimate of drug-likeness (QED) is 0.304. The normalized spacial score (nSPS) is 9.50. The molecule has 0 aromatic carbocycles. The molecule has 12 heavy (non-hydrogen) atoms. The van der Waals surface area contributed by atoms with Gasteiger partial charge in [0.1, 0.15) is 5.69 Å². The average molecular weight is 186 g/mol. The van der Waals surface area contributed by atoms with Crippen molar-refractivity contribution in [2.24, 2.45) is 5.84 Å². The largest absolute Gasteiger partial charge is 0.289 e. The number of amides is 1. The van der Waals surface area contributed by atoms with Crippen LogP contribution in [0.1, 0.15) is 16.2 Å². The van der Waals surface area contributed by atoms with E-state index in [-0.39, 0.29) is 11.6 Å². The van der Waals surface area contributed by atoms with Gasteiger partial charge >= 0.3 is 0 Å². The summed E-state index contributed by atoms with van der Waals surface area (Å²) < 4.78 is 0. The lowest BCUT2D eigenvalue weighted by atomic mass is 10.3. The molecule has 3 N–H and O–H groups in total. The molecule has 0 unspecified atom stereocenters. The number of aromatic nitrogens is 1. The van der Waals surface area contributed by atoms with Crippen LogP contribution in [0.5, 0.6) is 0 Å². The molecule has 0 saturated carbocycles. The maximum Gasteiger partial charge on any atom is 0.283 e. The van der Waals surface area contributed by atoms with Gasteiger partial charge in [-0.15, -0.1) is 11.6 Å². The number of pyridine rings is 1. The van der Waals surface area contributed by atoms with Gasteiger partial charge in [0.15, 0.2) is 0 Å². The highest BCUT2D eigenvalue weighted by Crippen LogP contribution is 2.01. The standard InChI is InChI=1S/C7H8ClN3O/c8-4-5-2-1-3-6(10-5)7(12)11-9/h1-3H,4,9H2,(H,11,12). The zero-order chi connectivity index (χ0) is 8.97. The van der Waals surface area contributed by atoms with Crippen molar-refractivity contribution >= 4 is 17.5 Å². The Labute approximate surface area is 74.7 Å². The van der Waals surface area contributed by atoms with Crippen LogP contribution >= 0.6 is 11.6 Å². The van der Waals surface area contributed by atoms with Crippen molar-refractivity contribution in [2.75, 3.05) is 0 Å². The third-order valence-corrected chi connectivity index (χ3v) is 1.58. The fourth-order valence-electron chi connectivity index (χ4n) is 0.754. The van der Waals surface area contributed by atoms with Gasteiger partial charge in [0.2, 0.25) is 0 Å². The minimum atomic E-state index is -0.415. The van der Waals surface area contributed by atoms with Crippen molar-refractivity contribution < 1.29 is 4.79 Å². The number of hydrazine groups is 1. The molecule has 0 saturated heterocycles. The van der Waals surface area contributed by atoms with E-state index >= 15 is 0 Å². The Balaban J connectivity index is 2.93. The highest BCUT2D eigenvalue weighted by Gasteiger charge is 2.04. The Morgan fingerprint density at radius 2 is 2.42 bits per heavy atom. The van der Waals surface area contributed by atoms with E-state index in [0.717, 1.165) is 0 Å². The number of hydrogen-bond acceptors (Lipinski definition) is 3. The molecule has 0 bridgehead atoms. The second-order valence-corrected chi connectivity index (χ2v) is 2.39. The maximum atomic E-state index is 10.9. The van der Waals surface area contributed by atoms with E-state index in [1.807, 2.05) is 5.43 Å². The van der Waals surface area contributed by atoms with Crippen LogP contribution in [0.2, 0.25) is 0 Å². The lowest BCUT2D eigenvalue weighted by molar-refractivity contribution is 0.0948. The second-order valence-electron chi connectivity index (χ2n) is 2.12. The van der Waals surface area contributed by atoms with Gasteiger partial charge in [-0.2, -0.15) is 0 Å². The third-order valence-electron chi connectivity index (χ3n) is 1.31. The Morgan fingerprint density at radius 1 is 1.67 bits per heavy atom. The monoisotopic (exact) mass is 185 g/mol. The summed E-state index contributed by atoms with van der Waals surface area (Å²) in [5.41, 5.74) is 2.91. The van der Waals surface area contributed by atoms with Crippen molar-refractivity contribution in [1.29, 1.82) is 0 Å². The molecular weight excluding hydrogens is 178 g/mol. The average Bonchev–Trinajstić information content (AvgIpc) is 2.17. The number of halogens is 1. The van der Waals surface area contributed by atoms with Crippen molar-refractivity contribution in [2.45, 2.75) is 5.88 Å². The number of carbonyl (C=O) groups excluding carboxylic acids is 1. The number of nitrogens with zero attached hydrogens (tertiary/aromatic N) is 1. The number of hydrogen-bond donors (Lipinski definition) is 2.